The second kappa shape index (κ2) is 10.8. The van der Waals surface area contributed by atoms with Crippen molar-refractivity contribution >= 4 is 11.0 Å². The van der Waals surface area contributed by atoms with Crippen molar-refractivity contribution in [1.29, 1.82) is 0 Å². The monoisotopic (exact) mass is 564 g/mol. The van der Waals surface area contributed by atoms with E-state index in [2.05, 4.69) is 0 Å². The van der Waals surface area contributed by atoms with Gasteiger partial charge in [-0.05, 0) is 31.2 Å². The predicted molar refractivity (Wildman–Crippen MR) is 133 cm³/mol. The minimum atomic E-state index is -1.74. The molecule has 2 aliphatic rings. The third-order valence-electron chi connectivity index (χ3n) is 6.78. The molecule has 40 heavy (non-hydrogen) atoms. The number of rotatable bonds is 5. The highest BCUT2D eigenvalue weighted by atomic mass is 16.7. The van der Waals surface area contributed by atoms with Crippen molar-refractivity contribution in [3.8, 4) is 34.3 Å². The highest BCUT2D eigenvalue weighted by Gasteiger charge is 2.43. The first-order valence-corrected chi connectivity index (χ1v) is 12.3. The minimum Gasteiger partial charge on any atom is -0.508 e. The standard InChI is InChI=1S/C26H28O14/c1-9-17(30)20(33)22(35)26(37-9)38-12-6-13(28)16-15(7-12)39-23(10-2-4-11(27)5-3-10)24(19(16)32)40-25-21(34)18(31)14(29)8-36-25/h2-7,9,14,17-18,20-22,25-31,33-35H,8H2,1H3/t9-,14-,17+,18+,20-,21-,22-,25-,26+/m1/s1. The van der Waals surface area contributed by atoms with Crippen molar-refractivity contribution < 1.29 is 64.2 Å². The van der Waals surface area contributed by atoms with Gasteiger partial charge < -0.3 is 64.2 Å². The Labute approximate surface area is 225 Å². The maximum atomic E-state index is 13.6. The second-order valence-electron chi connectivity index (χ2n) is 9.62. The van der Waals surface area contributed by atoms with Gasteiger partial charge in [0.25, 0.3) is 0 Å². The molecule has 9 atom stereocenters. The molecule has 5 rings (SSSR count). The molecule has 14 nitrogen and oxygen atoms in total. The number of ether oxygens (including phenoxy) is 4. The SMILES string of the molecule is C[C@H]1O[C@@H](Oc2cc(O)c3c(=O)c(O[C@H]4OC[C@@H](O)[C@H](O)[C@H]4O)c(-c4ccc(O)cc4)oc3c2)[C@H](O)[C@H](O)[C@H]1O. The van der Waals surface area contributed by atoms with Crippen LogP contribution in [-0.4, -0.2) is 103 Å². The Kier molecular flexibility index (Phi) is 7.60. The van der Waals surface area contributed by atoms with Gasteiger partial charge in [-0.25, -0.2) is 0 Å². The zero-order chi connectivity index (χ0) is 28.9. The number of phenolic OH excluding ortho intramolecular Hbond substituents is 2. The number of aliphatic hydroxyl groups excluding tert-OH is 6. The van der Waals surface area contributed by atoms with Crippen LogP contribution in [0, 0.1) is 0 Å². The summed E-state index contributed by atoms with van der Waals surface area (Å²) in [5.41, 5.74) is -0.860. The quantitative estimate of drug-likeness (QED) is 0.184. The first-order valence-electron chi connectivity index (χ1n) is 12.3. The molecule has 0 bridgehead atoms. The van der Waals surface area contributed by atoms with E-state index in [0.717, 1.165) is 6.07 Å². The summed E-state index contributed by atoms with van der Waals surface area (Å²) < 4.78 is 27.9. The van der Waals surface area contributed by atoms with Crippen LogP contribution in [0.4, 0.5) is 0 Å². The summed E-state index contributed by atoms with van der Waals surface area (Å²) in [7, 11) is 0. The lowest BCUT2D eigenvalue weighted by Crippen LogP contribution is -2.58. The molecule has 0 saturated carbocycles. The molecule has 0 unspecified atom stereocenters. The van der Waals surface area contributed by atoms with Gasteiger partial charge in [-0.1, -0.05) is 0 Å². The maximum absolute atomic E-state index is 13.6. The van der Waals surface area contributed by atoms with Crippen molar-refractivity contribution in [2.75, 3.05) is 6.61 Å². The van der Waals surface area contributed by atoms with Crippen molar-refractivity contribution in [2.24, 2.45) is 0 Å². The largest absolute Gasteiger partial charge is 0.508 e. The van der Waals surface area contributed by atoms with E-state index in [0.29, 0.717) is 0 Å². The molecular weight excluding hydrogens is 536 g/mol. The van der Waals surface area contributed by atoms with Gasteiger partial charge in [0.1, 0.15) is 64.8 Å². The van der Waals surface area contributed by atoms with Crippen molar-refractivity contribution in [1.82, 2.24) is 0 Å². The molecule has 0 spiro atoms. The summed E-state index contributed by atoms with van der Waals surface area (Å²) >= 11 is 0. The van der Waals surface area contributed by atoms with E-state index in [1.165, 1.54) is 37.3 Å². The summed E-state index contributed by atoms with van der Waals surface area (Å²) in [6, 6.07) is 7.69. The van der Waals surface area contributed by atoms with E-state index in [1.54, 1.807) is 0 Å². The Morgan fingerprint density at radius 1 is 0.825 bits per heavy atom. The molecule has 0 amide bonds. The predicted octanol–water partition coefficient (Wildman–Crippen LogP) is -1.10. The average molecular weight is 564 g/mol. The third kappa shape index (κ3) is 5.07. The van der Waals surface area contributed by atoms with Gasteiger partial charge in [-0.2, -0.15) is 0 Å². The van der Waals surface area contributed by atoms with Gasteiger partial charge in [-0.3, -0.25) is 4.79 Å². The number of hydrogen-bond donors (Lipinski definition) is 8. The molecule has 1 aromatic heterocycles. The molecule has 3 heterocycles. The smallest absolute Gasteiger partial charge is 0.239 e. The van der Waals surface area contributed by atoms with Gasteiger partial charge in [0, 0.05) is 17.7 Å². The Morgan fingerprint density at radius 2 is 1.50 bits per heavy atom. The fourth-order valence-corrected chi connectivity index (χ4v) is 4.48. The van der Waals surface area contributed by atoms with E-state index in [4.69, 9.17) is 23.4 Å². The highest BCUT2D eigenvalue weighted by molar-refractivity contribution is 5.88. The van der Waals surface area contributed by atoms with Crippen LogP contribution in [-0.2, 0) is 9.47 Å². The van der Waals surface area contributed by atoms with Crippen LogP contribution in [0.2, 0.25) is 0 Å². The van der Waals surface area contributed by atoms with Crippen LogP contribution in [0.15, 0.2) is 45.6 Å². The Balaban J connectivity index is 1.58. The Hall–Kier alpha value is -3.47. The molecule has 216 valence electrons. The number of phenols is 2. The maximum Gasteiger partial charge on any atom is 0.239 e. The summed E-state index contributed by atoms with van der Waals surface area (Å²) in [5.74, 6) is -1.54. The number of fused-ring (bicyclic) bond motifs is 1. The molecule has 0 radical (unpaired) electrons. The topological polar surface area (TPSA) is 229 Å². The molecule has 2 fully saturated rings. The number of aliphatic hydroxyl groups is 6. The second-order valence-corrected chi connectivity index (χ2v) is 9.62. The molecule has 2 aliphatic heterocycles. The fraction of sp³-hybridized carbons (Fsp3) is 0.423. The molecule has 14 heteroatoms. The van der Waals surface area contributed by atoms with Crippen LogP contribution in [0.25, 0.3) is 22.3 Å². The van der Waals surface area contributed by atoms with E-state index in [9.17, 15) is 45.6 Å². The molecule has 8 N–H and O–H groups in total. The lowest BCUT2D eigenvalue weighted by atomic mass is 10.00. The van der Waals surface area contributed by atoms with Crippen LogP contribution >= 0.6 is 0 Å². The van der Waals surface area contributed by atoms with Crippen LogP contribution in [0.1, 0.15) is 6.92 Å². The average Bonchev–Trinajstić information content (AvgIpc) is 2.92. The van der Waals surface area contributed by atoms with Gasteiger partial charge in [-0.15, -0.1) is 0 Å². The van der Waals surface area contributed by atoms with Crippen molar-refractivity contribution in [3.05, 3.63) is 46.6 Å². The zero-order valence-corrected chi connectivity index (χ0v) is 20.9. The van der Waals surface area contributed by atoms with E-state index in [1.807, 2.05) is 0 Å². The van der Waals surface area contributed by atoms with E-state index >= 15 is 0 Å². The number of aromatic hydroxyl groups is 2. The van der Waals surface area contributed by atoms with Gasteiger partial charge in [0.05, 0.1) is 12.7 Å². The van der Waals surface area contributed by atoms with Gasteiger partial charge in [0.2, 0.25) is 23.8 Å². The number of benzene rings is 2. The minimum absolute atomic E-state index is 0.0848. The molecule has 2 saturated heterocycles. The number of hydrogen-bond acceptors (Lipinski definition) is 14. The first-order chi connectivity index (χ1) is 19.0. The van der Waals surface area contributed by atoms with Crippen molar-refractivity contribution in [2.45, 2.75) is 62.2 Å². The van der Waals surface area contributed by atoms with Gasteiger partial charge in [0.15, 0.2) is 5.76 Å². The molecule has 3 aromatic rings. The Bertz CT molecular complexity index is 1420. The van der Waals surface area contributed by atoms with Crippen LogP contribution in [0.5, 0.6) is 23.0 Å². The fourth-order valence-electron chi connectivity index (χ4n) is 4.48. The molecular formula is C26H28O14. The summed E-state index contributed by atoms with van der Waals surface area (Å²) in [6.07, 6.45) is -13.3. The van der Waals surface area contributed by atoms with Crippen LogP contribution < -0.4 is 14.9 Å². The van der Waals surface area contributed by atoms with E-state index < -0.39 is 78.8 Å². The van der Waals surface area contributed by atoms with Gasteiger partial charge >= 0.3 is 0 Å². The van der Waals surface area contributed by atoms with Crippen LogP contribution in [0.3, 0.4) is 0 Å². The molecule has 2 aromatic carbocycles. The molecule has 0 aliphatic carbocycles. The zero-order valence-electron chi connectivity index (χ0n) is 20.9. The lowest BCUT2D eigenvalue weighted by Gasteiger charge is -2.38. The lowest BCUT2D eigenvalue weighted by molar-refractivity contribution is -0.268. The highest BCUT2D eigenvalue weighted by Crippen LogP contribution is 2.38. The third-order valence-corrected chi connectivity index (χ3v) is 6.78. The summed E-state index contributed by atoms with van der Waals surface area (Å²) in [5, 5.41) is 80.5. The first kappa shape index (κ1) is 28.1. The van der Waals surface area contributed by atoms with E-state index in [-0.39, 0.29) is 33.8 Å². The van der Waals surface area contributed by atoms with Crippen molar-refractivity contribution in [3.63, 3.8) is 0 Å². The Morgan fingerprint density at radius 3 is 2.20 bits per heavy atom. The summed E-state index contributed by atoms with van der Waals surface area (Å²) in [4.78, 5) is 13.6. The summed E-state index contributed by atoms with van der Waals surface area (Å²) in [6.45, 7) is 1.06. The normalized spacial score (nSPS) is 32.6.